The van der Waals surface area contributed by atoms with Crippen molar-refractivity contribution in [1.29, 1.82) is 0 Å². The van der Waals surface area contributed by atoms with Gasteiger partial charge in [0.25, 0.3) is 0 Å². The number of thiazole rings is 1. The zero-order chi connectivity index (χ0) is 12.8. The second-order valence-corrected chi connectivity index (χ2v) is 4.95. The first kappa shape index (κ1) is 13.0. The van der Waals surface area contributed by atoms with Crippen molar-refractivity contribution >= 4 is 16.5 Å². The van der Waals surface area contributed by atoms with Gasteiger partial charge in [0, 0.05) is 26.4 Å². The summed E-state index contributed by atoms with van der Waals surface area (Å²) in [6.07, 6.45) is 6.75. The van der Waals surface area contributed by atoms with Gasteiger partial charge in [-0.15, -0.1) is 0 Å². The largest absolute Gasteiger partial charge is 0.383 e. The van der Waals surface area contributed by atoms with E-state index in [0.29, 0.717) is 6.61 Å². The fourth-order valence-corrected chi connectivity index (χ4v) is 2.55. The Morgan fingerprint density at radius 1 is 1.44 bits per heavy atom. The topological polar surface area (TPSA) is 52.0 Å². The number of aryl methyl sites for hydroxylation is 1. The summed E-state index contributed by atoms with van der Waals surface area (Å²) in [4.78, 5) is 9.70. The van der Waals surface area contributed by atoms with E-state index in [4.69, 9.17) is 4.74 Å². The van der Waals surface area contributed by atoms with Gasteiger partial charge in [0.05, 0.1) is 29.7 Å². The Morgan fingerprint density at radius 3 is 3.11 bits per heavy atom. The molecule has 0 spiro atoms. The molecule has 18 heavy (non-hydrogen) atoms. The molecule has 2 heterocycles. The van der Waals surface area contributed by atoms with Gasteiger partial charge in [-0.25, -0.2) is 9.97 Å². The number of nitrogens with one attached hydrogen (secondary N) is 1. The molecular weight excluding hydrogens is 248 g/mol. The van der Waals surface area contributed by atoms with Gasteiger partial charge in [0.15, 0.2) is 5.13 Å². The van der Waals surface area contributed by atoms with Crippen molar-refractivity contribution in [3.05, 3.63) is 18.7 Å². The highest BCUT2D eigenvalue weighted by atomic mass is 32.1. The number of imidazole rings is 1. The Labute approximate surface area is 111 Å². The first-order valence-corrected chi connectivity index (χ1v) is 6.86. The molecule has 0 saturated carbocycles. The lowest BCUT2D eigenvalue weighted by Gasteiger charge is -2.03. The highest BCUT2D eigenvalue weighted by molar-refractivity contribution is 7.18. The Morgan fingerprint density at radius 2 is 2.33 bits per heavy atom. The van der Waals surface area contributed by atoms with E-state index < -0.39 is 0 Å². The molecule has 98 valence electrons. The molecule has 0 unspecified atom stereocenters. The monoisotopic (exact) mass is 266 g/mol. The van der Waals surface area contributed by atoms with Crippen LogP contribution in [0.15, 0.2) is 18.7 Å². The van der Waals surface area contributed by atoms with Crippen LogP contribution in [0, 0.1) is 0 Å². The van der Waals surface area contributed by atoms with Crippen molar-refractivity contribution in [2.75, 3.05) is 25.6 Å². The van der Waals surface area contributed by atoms with Gasteiger partial charge in [-0.2, -0.15) is 0 Å². The van der Waals surface area contributed by atoms with Crippen molar-refractivity contribution in [2.45, 2.75) is 19.9 Å². The summed E-state index contributed by atoms with van der Waals surface area (Å²) in [7, 11) is 1.69. The van der Waals surface area contributed by atoms with Crippen molar-refractivity contribution in [3.63, 3.8) is 0 Å². The fraction of sp³-hybridized carbons (Fsp3) is 0.500. The second kappa shape index (κ2) is 6.51. The molecule has 0 amide bonds. The number of anilines is 1. The van der Waals surface area contributed by atoms with E-state index in [1.165, 1.54) is 0 Å². The Hall–Kier alpha value is -1.40. The second-order valence-electron chi connectivity index (χ2n) is 3.92. The van der Waals surface area contributed by atoms with Crippen molar-refractivity contribution in [3.8, 4) is 10.6 Å². The van der Waals surface area contributed by atoms with Crippen LogP contribution in [0.2, 0.25) is 0 Å². The highest BCUT2D eigenvalue weighted by Gasteiger charge is 2.08. The van der Waals surface area contributed by atoms with Crippen LogP contribution in [0.5, 0.6) is 0 Å². The van der Waals surface area contributed by atoms with Gasteiger partial charge in [-0.1, -0.05) is 18.3 Å². The van der Waals surface area contributed by atoms with Crippen LogP contribution in [-0.4, -0.2) is 34.8 Å². The summed E-state index contributed by atoms with van der Waals surface area (Å²) in [5.74, 6) is 0. The van der Waals surface area contributed by atoms with Gasteiger partial charge < -0.3 is 14.6 Å². The number of hydrogen-bond acceptors (Lipinski definition) is 5. The average molecular weight is 266 g/mol. The standard InChI is InChI=1S/C12H18N4OS/c1-3-5-16-9-13-7-10(16)11-8-15-12(18-11)14-4-6-17-2/h7-9H,3-6H2,1-2H3,(H,14,15). The third kappa shape index (κ3) is 3.08. The van der Waals surface area contributed by atoms with Crippen LogP contribution >= 0.6 is 11.3 Å². The third-order valence-electron chi connectivity index (χ3n) is 2.52. The molecule has 5 nitrogen and oxygen atoms in total. The average Bonchev–Trinajstić information content (AvgIpc) is 2.98. The van der Waals surface area contributed by atoms with Crippen LogP contribution in [0.25, 0.3) is 10.6 Å². The van der Waals surface area contributed by atoms with Gasteiger partial charge in [0.2, 0.25) is 0 Å². The van der Waals surface area contributed by atoms with E-state index >= 15 is 0 Å². The first-order valence-electron chi connectivity index (χ1n) is 6.04. The summed E-state index contributed by atoms with van der Waals surface area (Å²) < 4.78 is 7.15. The van der Waals surface area contributed by atoms with Crippen LogP contribution < -0.4 is 5.32 Å². The predicted molar refractivity (Wildman–Crippen MR) is 74.0 cm³/mol. The molecule has 2 aromatic heterocycles. The van der Waals surface area contributed by atoms with Crippen LogP contribution in [0.3, 0.4) is 0 Å². The fourth-order valence-electron chi connectivity index (χ4n) is 1.68. The van der Waals surface area contributed by atoms with E-state index in [9.17, 15) is 0 Å². The van der Waals surface area contributed by atoms with Crippen molar-refractivity contribution in [1.82, 2.24) is 14.5 Å². The van der Waals surface area contributed by atoms with Gasteiger partial charge in [-0.3, -0.25) is 0 Å². The molecule has 6 heteroatoms. The summed E-state index contributed by atoms with van der Waals surface area (Å²) in [5.41, 5.74) is 1.13. The maximum atomic E-state index is 4.99. The molecular formula is C12H18N4OS. The molecule has 1 N–H and O–H groups in total. The molecule has 0 bridgehead atoms. The number of ether oxygens (including phenoxy) is 1. The van der Waals surface area contributed by atoms with E-state index in [-0.39, 0.29) is 0 Å². The maximum absolute atomic E-state index is 4.99. The lowest BCUT2D eigenvalue weighted by molar-refractivity contribution is 0.211. The first-order chi connectivity index (χ1) is 8.85. The molecule has 0 fully saturated rings. The molecule has 0 aromatic carbocycles. The maximum Gasteiger partial charge on any atom is 0.183 e. The Kier molecular flexibility index (Phi) is 4.72. The quantitative estimate of drug-likeness (QED) is 0.782. The Balaban J connectivity index is 2.06. The van der Waals surface area contributed by atoms with E-state index in [2.05, 4.69) is 26.8 Å². The van der Waals surface area contributed by atoms with Crippen molar-refractivity contribution < 1.29 is 4.74 Å². The minimum absolute atomic E-state index is 0.683. The molecule has 0 aliphatic rings. The van der Waals surface area contributed by atoms with E-state index in [0.717, 1.165) is 35.2 Å². The summed E-state index contributed by atoms with van der Waals surface area (Å²) in [6.45, 7) is 4.61. The van der Waals surface area contributed by atoms with E-state index in [1.807, 2.05) is 18.7 Å². The summed E-state index contributed by atoms with van der Waals surface area (Å²) in [5, 5.41) is 4.15. The lowest BCUT2D eigenvalue weighted by Crippen LogP contribution is -2.06. The molecule has 0 aliphatic heterocycles. The normalized spacial score (nSPS) is 10.8. The van der Waals surface area contributed by atoms with Gasteiger partial charge in [-0.05, 0) is 6.42 Å². The smallest absolute Gasteiger partial charge is 0.183 e. The third-order valence-corrected chi connectivity index (χ3v) is 3.49. The number of rotatable bonds is 7. The zero-order valence-corrected chi connectivity index (χ0v) is 11.5. The molecule has 2 aromatic rings. The number of nitrogens with zero attached hydrogens (tertiary/aromatic N) is 3. The molecule has 0 atom stereocenters. The summed E-state index contributed by atoms with van der Waals surface area (Å²) in [6, 6.07) is 0. The number of hydrogen-bond donors (Lipinski definition) is 1. The SMILES string of the molecule is CCCn1cncc1-c1cnc(NCCOC)s1. The van der Waals surface area contributed by atoms with Gasteiger partial charge in [0.1, 0.15) is 0 Å². The predicted octanol–water partition coefficient (Wildman–Crippen LogP) is 2.47. The number of methoxy groups -OCH3 is 1. The van der Waals surface area contributed by atoms with Crippen LogP contribution in [0.1, 0.15) is 13.3 Å². The summed E-state index contributed by atoms with van der Waals surface area (Å²) >= 11 is 1.64. The molecule has 0 saturated heterocycles. The Bertz CT molecular complexity index is 480. The van der Waals surface area contributed by atoms with Crippen molar-refractivity contribution in [2.24, 2.45) is 0 Å². The molecule has 0 aliphatic carbocycles. The molecule has 0 radical (unpaired) electrons. The van der Waals surface area contributed by atoms with Gasteiger partial charge >= 0.3 is 0 Å². The number of aromatic nitrogens is 3. The molecule has 2 rings (SSSR count). The minimum Gasteiger partial charge on any atom is -0.383 e. The van der Waals surface area contributed by atoms with Crippen LogP contribution in [-0.2, 0) is 11.3 Å². The highest BCUT2D eigenvalue weighted by Crippen LogP contribution is 2.28. The van der Waals surface area contributed by atoms with Crippen LogP contribution in [0.4, 0.5) is 5.13 Å². The zero-order valence-electron chi connectivity index (χ0n) is 10.7. The minimum atomic E-state index is 0.683. The lowest BCUT2D eigenvalue weighted by atomic mass is 10.4. The van der Waals surface area contributed by atoms with E-state index in [1.54, 1.807) is 18.4 Å².